The van der Waals surface area contributed by atoms with Crippen LogP contribution in [0.2, 0.25) is 0 Å². The van der Waals surface area contributed by atoms with Crippen LogP contribution in [-0.2, 0) is 14.3 Å². The van der Waals surface area contributed by atoms with Crippen LogP contribution in [0.25, 0.3) is 11.1 Å². The minimum atomic E-state index is -0.887. The van der Waals surface area contributed by atoms with Crippen LogP contribution < -0.4 is 5.32 Å². The molecular formula is C26H28N2O5S. The van der Waals surface area contributed by atoms with Crippen molar-refractivity contribution >= 4 is 29.7 Å². The Morgan fingerprint density at radius 2 is 1.71 bits per heavy atom. The Hall–Kier alpha value is -3.00. The first-order chi connectivity index (χ1) is 16.5. The van der Waals surface area contributed by atoms with E-state index >= 15 is 0 Å². The number of nitrogens with one attached hydrogen (secondary N) is 1. The molecule has 2 amide bonds. The fourth-order valence-electron chi connectivity index (χ4n) is 5.45. The average Bonchev–Trinajstić information content (AvgIpc) is 3.44. The Bertz CT molecular complexity index is 1060. The van der Waals surface area contributed by atoms with Crippen LogP contribution in [0.3, 0.4) is 0 Å². The highest BCUT2D eigenvalue weighted by Crippen LogP contribution is 2.44. The number of carboxylic acid groups (broad SMARTS) is 1. The lowest BCUT2D eigenvalue weighted by molar-refractivity contribution is -0.139. The third-order valence-electron chi connectivity index (χ3n) is 7.13. The molecule has 2 aromatic rings. The molecule has 1 saturated carbocycles. The van der Waals surface area contributed by atoms with Gasteiger partial charge in [-0.1, -0.05) is 55.0 Å². The number of rotatable bonds is 5. The fraction of sp³-hybridized carbons (Fsp3) is 0.423. The van der Waals surface area contributed by atoms with E-state index < -0.39 is 17.3 Å². The number of carboxylic acids is 1. The molecule has 2 aliphatic carbocycles. The maximum absolute atomic E-state index is 13.1. The highest BCUT2D eigenvalue weighted by atomic mass is 32.2. The quantitative estimate of drug-likeness (QED) is 0.677. The van der Waals surface area contributed by atoms with Gasteiger partial charge in [-0.25, -0.2) is 4.79 Å². The van der Waals surface area contributed by atoms with Gasteiger partial charge in [-0.05, 0) is 35.1 Å². The molecule has 0 aromatic heterocycles. The summed E-state index contributed by atoms with van der Waals surface area (Å²) in [5, 5.41) is 11.6. The van der Waals surface area contributed by atoms with Crippen molar-refractivity contribution < 1.29 is 24.2 Å². The van der Waals surface area contributed by atoms with Crippen molar-refractivity contribution in [2.45, 2.75) is 36.5 Å². The summed E-state index contributed by atoms with van der Waals surface area (Å²) in [6, 6.07) is 16.1. The first-order valence-electron chi connectivity index (χ1n) is 11.8. The Kier molecular flexibility index (Phi) is 6.50. The van der Waals surface area contributed by atoms with Crippen molar-refractivity contribution in [1.29, 1.82) is 0 Å². The number of thioether (sulfide) groups is 1. The molecule has 0 radical (unpaired) electrons. The topological polar surface area (TPSA) is 95.9 Å². The summed E-state index contributed by atoms with van der Waals surface area (Å²) in [6.07, 6.45) is 1.74. The standard InChI is InChI=1S/C26H28N2O5S/c29-24(28-12-13-34-23(14-28)25(30)31)20-10-5-11-22(20)27-26(32)33-15-21-18-8-3-1-6-16(18)17-7-2-4-9-19(17)21/h1-4,6-9,20-23H,5,10-15H2,(H,27,32)(H,30,31). The molecule has 3 unspecified atom stereocenters. The van der Waals surface area contributed by atoms with Crippen molar-refractivity contribution in [3.8, 4) is 11.1 Å². The van der Waals surface area contributed by atoms with Gasteiger partial charge in [0, 0.05) is 30.8 Å². The van der Waals surface area contributed by atoms with Crippen LogP contribution in [0.15, 0.2) is 48.5 Å². The molecule has 178 valence electrons. The lowest BCUT2D eigenvalue weighted by atomic mass is 9.98. The van der Waals surface area contributed by atoms with Gasteiger partial charge in [0.2, 0.25) is 5.91 Å². The number of amides is 2. The monoisotopic (exact) mass is 480 g/mol. The van der Waals surface area contributed by atoms with E-state index in [4.69, 9.17) is 4.74 Å². The number of fused-ring (bicyclic) bond motifs is 3. The molecule has 1 heterocycles. The zero-order valence-electron chi connectivity index (χ0n) is 18.8. The zero-order valence-corrected chi connectivity index (χ0v) is 19.6. The molecule has 0 bridgehead atoms. The number of benzene rings is 2. The highest BCUT2D eigenvalue weighted by Gasteiger charge is 2.39. The predicted octanol–water partition coefficient (Wildman–Crippen LogP) is 3.72. The first-order valence-corrected chi connectivity index (χ1v) is 12.8. The van der Waals surface area contributed by atoms with Gasteiger partial charge in [-0.2, -0.15) is 0 Å². The van der Waals surface area contributed by atoms with E-state index in [2.05, 4.69) is 29.6 Å². The number of carbonyl (C=O) groups is 3. The lowest BCUT2D eigenvalue weighted by Gasteiger charge is -2.33. The summed E-state index contributed by atoms with van der Waals surface area (Å²) in [7, 11) is 0. The summed E-state index contributed by atoms with van der Waals surface area (Å²) in [4.78, 5) is 38.9. The Morgan fingerprint density at radius 1 is 1.03 bits per heavy atom. The SMILES string of the molecule is O=C(NC1CCCC1C(=O)N1CCSC(C(=O)O)C1)OCC1c2ccccc2-c2ccccc21. The maximum atomic E-state index is 13.1. The summed E-state index contributed by atoms with van der Waals surface area (Å²) < 4.78 is 5.67. The summed E-state index contributed by atoms with van der Waals surface area (Å²) in [5.41, 5.74) is 4.66. The van der Waals surface area contributed by atoms with Gasteiger partial charge in [0.15, 0.2) is 0 Å². The third-order valence-corrected chi connectivity index (χ3v) is 8.30. The second kappa shape index (κ2) is 9.70. The van der Waals surface area contributed by atoms with E-state index in [-0.39, 0.29) is 36.9 Å². The average molecular weight is 481 g/mol. The van der Waals surface area contributed by atoms with E-state index in [1.807, 2.05) is 24.3 Å². The number of hydrogen-bond acceptors (Lipinski definition) is 5. The number of hydrogen-bond donors (Lipinski definition) is 2. The van der Waals surface area contributed by atoms with Gasteiger partial charge in [-0.3, -0.25) is 9.59 Å². The highest BCUT2D eigenvalue weighted by molar-refractivity contribution is 8.00. The number of alkyl carbamates (subject to hydrolysis) is 1. The Balaban J connectivity index is 1.20. The van der Waals surface area contributed by atoms with Gasteiger partial charge < -0.3 is 20.1 Å². The van der Waals surface area contributed by atoms with Crippen LogP contribution in [0.1, 0.15) is 36.3 Å². The summed E-state index contributed by atoms with van der Waals surface area (Å²) >= 11 is 1.37. The number of ether oxygens (including phenoxy) is 1. The van der Waals surface area contributed by atoms with E-state index in [9.17, 15) is 19.5 Å². The second-order valence-corrected chi connectivity index (χ2v) is 10.4. The van der Waals surface area contributed by atoms with Gasteiger partial charge in [0.05, 0.1) is 5.92 Å². The molecule has 3 aliphatic rings. The van der Waals surface area contributed by atoms with Crippen LogP contribution in [0, 0.1) is 5.92 Å². The smallest absolute Gasteiger partial charge is 0.407 e. The summed E-state index contributed by atoms with van der Waals surface area (Å²) in [6.45, 7) is 0.989. The van der Waals surface area contributed by atoms with Gasteiger partial charge in [0.25, 0.3) is 0 Å². The first kappa shape index (κ1) is 22.8. The number of nitrogens with zero attached hydrogens (tertiary/aromatic N) is 1. The third kappa shape index (κ3) is 4.39. The van der Waals surface area contributed by atoms with Gasteiger partial charge in [0.1, 0.15) is 11.9 Å². The minimum absolute atomic E-state index is 0.0158. The molecule has 2 aromatic carbocycles. The van der Waals surface area contributed by atoms with E-state index in [1.54, 1.807) is 4.90 Å². The van der Waals surface area contributed by atoms with Crippen molar-refractivity contribution in [2.24, 2.45) is 5.92 Å². The van der Waals surface area contributed by atoms with Crippen LogP contribution in [0.4, 0.5) is 4.79 Å². The van der Waals surface area contributed by atoms with E-state index in [1.165, 1.54) is 22.9 Å². The van der Waals surface area contributed by atoms with Crippen molar-refractivity contribution in [3.05, 3.63) is 59.7 Å². The van der Waals surface area contributed by atoms with Gasteiger partial charge >= 0.3 is 12.1 Å². The second-order valence-electron chi connectivity index (χ2n) is 9.10. The zero-order chi connectivity index (χ0) is 23.7. The maximum Gasteiger partial charge on any atom is 0.407 e. The molecular weight excluding hydrogens is 452 g/mol. The molecule has 2 fully saturated rings. The Morgan fingerprint density at radius 3 is 2.38 bits per heavy atom. The number of aliphatic carboxylic acids is 1. The molecule has 7 nitrogen and oxygen atoms in total. The minimum Gasteiger partial charge on any atom is -0.480 e. The largest absolute Gasteiger partial charge is 0.480 e. The molecule has 2 N–H and O–H groups in total. The lowest BCUT2D eigenvalue weighted by Crippen LogP contribution is -2.50. The van der Waals surface area contributed by atoms with E-state index in [0.29, 0.717) is 25.1 Å². The molecule has 8 heteroatoms. The van der Waals surface area contributed by atoms with Gasteiger partial charge in [-0.15, -0.1) is 11.8 Å². The molecule has 1 aliphatic heterocycles. The van der Waals surface area contributed by atoms with Crippen LogP contribution >= 0.6 is 11.8 Å². The fourth-order valence-corrected chi connectivity index (χ4v) is 6.49. The molecule has 1 saturated heterocycles. The predicted molar refractivity (Wildman–Crippen MR) is 130 cm³/mol. The van der Waals surface area contributed by atoms with Crippen molar-refractivity contribution in [2.75, 3.05) is 25.4 Å². The normalized spacial score (nSPS) is 23.8. The van der Waals surface area contributed by atoms with E-state index in [0.717, 1.165) is 17.5 Å². The van der Waals surface area contributed by atoms with Crippen molar-refractivity contribution in [1.82, 2.24) is 10.2 Å². The van der Waals surface area contributed by atoms with Crippen molar-refractivity contribution in [3.63, 3.8) is 0 Å². The molecule has 5 rings (SSSR count). The summed E-state index contributed by atoms with van der Waals surface area (Å²) in [5.74, 6) is -0.689. The van der Waals surface area contributed by atoms with Crippen LogP contribution in [0.5, 0.6) is 0 Å². The molecule has 3 atom stereocenters. The molecule has 34 heavy (non-hydrogen) atoms. The molecule has 0 spiro atoms. The Labute approximate surface area is 202 Å². The van der Waals surface area contributed by atoms with Crippen LogP contribution in [-0.4, -0.2) is 64.7 Å². The number of carbonyl (C=O) groups excluding carboxylic acids is 2.